The molecule has 0 bridgehead atoms. The smallest absolute Gasteiger partial charge is 0.106 e. The van der Waals surface area contributed by atoms with Crippen LogP contribution in [0, 0.1) is 11.3 Å². The standard InChI is InChI=1S/C18H29N3/c1-4-6-14-21(17-11-8-7-9-12-17)15-10-13-18(5-2,16-19)20-3/h7-9,11-12,20H,4-6,10,13-15H2,1-3H3. The predicted octanol–water partition coefficient (Wildman–Crippen LogP) is 3.97. The van der Waals surface area contributed by atoms with E-state index in [1.54, 1.807) is 0 Å². The Bertz CT molecular complexity index is 418. The van der Waals surface area contributed by atoms with Gasteiger partial charge in [-0.3, -0.25) is 0 Å². The van der Waals surface area contributed by atoms with Gasteiger partial charge in [0.15, 0.2) is 0 Å². The fraction of sp³-hybridized carbons (Fsp3) is 0.611. The minimum atomic E-state index is -0.368. The molecule has 0 aliphatic rings. The Morgan fingerprint density at radius 3 is 2.33 bits per heavy atom. The molecule has 1 aromatic carbocycles. The van der Waals surface area contributed by atoms with Gasteiger partial charge in [0, 0.05) is 18.8 Å². The van der Waals surface area contributed by atoms with Gasteiger partial charge in [0.25, 0.3) is 0 Å². The molecular weight excluding hydrogens is 258 g/mol. The van der Waals surface area contributed by atoms with Gasteiger partial charge in [-0.25, -0.2) is 0 Å². The lowest BCUT2D eigenvalue weighted by atomic mass is 9.92. The highest BCUT2D eigenvalue weighted by Crippen LogP contribution is 2.19. The first-order valence-electron chi connectivity index (χ1n) is 8.11. The van der Waals surface area contributed by atoms with E-state index in [2.05, 4.69) is 60.5 Å². The highest BCUT2D eigenvalue weighted by molar-refractivity contribution is 5.45. The minimum Gasteiger partial charge on any atom is -0.372 e. The topological polar surface area (TPSA) is 39.1 Å². The maximum Gasteiger partial charge on any atom is 0.106 e. The van der Waals surface area contributed by atoms with Crippen molar-refractivity contribution in [2.24, 2.45) is 0 Å². The van der Waals surface area contributed by atoms with Crippen LogP contribution in [0.5, 0.6) is 0 Å². The molecule has 0 radical (unpaired) electrons. The summed E-state index contributed by atoms with van der Waals surface area (Å²) in [4.78, 5) is 2.44. The van der Waals surface area contributed by atoms with Gasteiger partial charge in [0.1, 0.15) is 5.54 Å². The number of para-hydroxylation sites is 1. The largest absolute Gasteiger partial charge is 0.372 e. The van der Waals surface area contributed by atoms with Crippen molar-refractivity contribution in [1.29, 1.82) is 5.26 Å². The van der Waals surface area contributed by atoms with Gasteiger partial charge < -0.3 is 10.2 Å². The van der Waals surface area contributed by atoms with Gasteiger partial charge in [-0.1, -0.05) is 38.5 Å². The van der Waals surface area contributed by atoms with E-state index in [-0.39, 0.29) is 5.54 Å². The maximum atomic E-state index is 9.37. The molecule has 0 fully saturated rings. The Morgan fingerprint density at radius 2 is 1.81 bits per heavy atom. The van der Waals surface area contributed by atoms with Crippen molar-refractivity contribution in [2.75, 3.05) is 25.0 Å². The van der Waals surface area contributed by atoms with Crippen molar-refractivity contribution >= 4 is 5.69 Å². The fourth-order valence-electron chi connectivity index (χ4n) is 2.60. The Balaban J connectivity index is 2.60. The summed E-state index contributed by atoms with van der Waals surface area (Å²) >= 11 is 0. The van der Waals surface area contributed by atoms with E-state index in [1.165, 1.54) is 18.5 Å². The van der Waals surface area contributed by atoms with Gasteiger partial charge in [-0.05, 0) is 44.9 Å². The number of nitrogens with one attached hydrogen (secondary N) is 1. The molecule has 3 nitrogen and oxygen atoms in total. The van der Waals surface area contributed by atoms with E-state index in [0.717, 1.165) is 32.4 Å². The molecule has 0 aliphatic heterocycles. The lowest BCUT2D eigenvalue weighted by molar-refractivity contribution is 0.392. The van der Waals surface area contributed by atoms with Gasteiger partial charge in [0.05, 0.1) is 6.07 Å². The highest BCUT2D eigenvalue weighted by Gasteiger charge is 2.25. The molecule has 0 saturated carbocycles. The van der Waals surface area contributed by atoms with E-state index in [9.17, 15) is 5.26 Å². The first-order chi connectivity index (χ1) is 10.2. The zero-order chi connectivity index (χ0) is 15.6. The number of benzene rings is 1. The van der Waals surface area contributed by atoms with Gasteiger partial charge >= 0.3 is 0 Å². The zero-order valence-corrected chi connectivity index (χ0v) is 13.7. The average molecular weight is 287 g/mol. The zero-order valence-electron chi connectivity index (χ0n) is 13.7. The first kappa shape index (κ1) is 17.5. The van der Waals surface area contributed by atoms with Crippen molar-refractivity contribution in [3.05, 3.63) is 30.3 Å². The van der Waals surface area contributed by atoms with Crippen LogP contribution in [0.3, 0.4) is 0 Å². The number of hydrogen-bond acceptors (Lipinski definition) is 3. The summed E-state index contributed by atoms with van der Waals surface area (Å²) in [6, 6.07) is 13.0. The SMILES string of the molecule is CCCCN(CCCC(C#N)(CC)NC)c1ccccc1. The third kappa shape index (κ3) is 5.40. The molecular formula is C18H29N3. The average Bonchev–Trinajstić information content (AvgIpc) is 2.56. The van der Waals surface area contributed by atoms with E-state index < -0.39 is 0 Å². The van der Waals surface area contributed by atoms with E-state index in [1.807, 2.05) is 7.05 Å². The van der Waals surface area contributed by atoms with Crippen LogP contribution in [0.4, 0.5) is 5.69 Å². The van der Waals surface area contributed by atoms with Gasteiger partial charge in [-0.2, -0.15) is 5.26 Å². The van der Waals surface area contributed by atoms with Crippen molar-refractivity contribution in [3.63, 3.8) is 0 Å². The number of nitriles is 1. The molecule has 0 heterocycles. The van der Waals surface area contributed by atoms with Crippen LogP contribution in [0.1, 0.15) is 46.0 Å². The summed E-state index contributed by atoms with van der Waals surface area (Å²) in [5, 5.41) is 12.6. The Labute approximate surface area is 130 Å². The van der Waals surface area contributed by atoms with Crippen LogP contribution < -0.4 is 10.2 Å². The normalized spacial score (nSPS) is 13.4. The summed E-state index contributed by atoms with van der Waals surface area (Å²) in [5.74, 6) is 0. The summed E-state index contributed by atoms with van der Waals surface area (Å²) in [6.07, 6.45) is 5.18. The van der Waals surface area contributed by atoms with Crippen LogP contribution in [-0.2, 0) is 0 Å². The third-order valence-electron chi connectivity index (χ3n) is 4.23. The first-order valence-corrected chi connectivity index (χ1v) is 8.11. The second kappa shape index (κ2) is 9.41. The fourth-order valence-corrected chi connectivity index (χ4v) is 2.60. The second-order valence-corrected chi connectivity index (χ2v) is 5.58. The Hall–Kier alpha value is -1.53. The van der Waals surface area contributed by atoms with Crippen LogP contribution in [0.2, 0.25) is 0 Å². The molecule has 3 heteroatoms. The molecule has 116 valence electrons. The van der Waals surface area contributed by atoms with E-state index in [4.69, 9.17) is 0 Å². The third-order valence-corrected chi connectivity index (χ3v) is 4.23. The van der Waals surface area contributed by atoms with Gasteiger partial charge in [0.2, 0.25) is 0 Å². The molecule has 0 amide bonds. The molecule has 1 atom stereocenters. The number of rotatable bonds is 10. The van der Waals surface area contributed by atoms with Gasteiger partial charge in [-0.15, -0.1) is 0 Å². The molecule has 0 aliphatic carbocycles. The molecule has 1 N–H and O–H groups in total. The number of anilines is 1. The van der Waals surface area contributed by atoms with E-state index in [0.29, 0.717) is 0 Å². The Morgan fingerprint density at radius 1 is 1.14 bits per heavy atom. The van der Waals surface area contributed by atoms with Crippen molar-refractivity contribution in [1.82, 2.24) is 5.32 Å². The predicted molar refractivity (Wildman–Crippen MR) is 90.5 cm³/mol. The molecule has 21 heavy (non-hydrogen) atoms. The minimum absolute atomic E-state index is 0.368. The second-order valence-electron chi connectivity index (χ2n) is 5.58. The van der Waals surface area contributed by atoms with Crippen molar-refractivity contribution in [3.8, 4) is 6.07 Å². The van der Waals surface area contributed by atoms with Crippen molar-refractivity contribution < 1.29 is 0 Å². The van der Waals surface area contributed by atoms with Crippen LogP contribution >= 0.6 is 0 Å². The highest BCUT2D eigenvalue weighted by atomic mass is 15.1. The summed E-state index contributed by atoms with van der Waals surface area (Å²) in [5.41, 5.74) is 0.919. The van der Waals surface area contributed by atoms with Crippen molar-refractivity contribution in [2.45, 2.75) is 51.5 Å². The Kier molecular flexibility index (Phi) is 7.85. The molecule has 1 aromatic rings. The molecule has 1 rings (SSSR count). The molecule has 1 unspecified atom stereocenters. The summed E-state index contributed by atoms with van der Waals surface area (Å²) in [7, 11) is 1.89. The number of nitrogens with zero attached hydrogens (tertiary/aromatic N) is 2. The maximum absolute atomic E-state index is 9.37. The van der Waals surface area contributed by atoms with E-state index >= 15 is 0 Å². The summed E-state index contributed by atoms with van der Waals surface area (Å²) < 4.78 is 0. The molecule has 0 saturated heterocycles. The van der Waals surface area contributed by atoms with Crippen LogP contribution in [-0.4, -0.2) is 25.7 Å². The monoisotopic (exact) mass is 287 g/mol. The number of unbranched alkanes of at least 4 members (excludes halogenated alkanes) is 1. The lowest BCUT2D eigenvalue weighted by Gasteiger charge is -2.28. The molecule has 0 aromatic heterocycles. The quantitative estimate of drug-likeness (QED) is 0.708. The molecule has 0 spiro atoms. The van der Waals surface area contributed by atoms with Crippen LogP contribution in [0.25, 0.3) is 0 Å². The number of hydrogen-bond donors (Lipinski definition) is 1. The van der Waals surface area contributed by atoms with Crippen LogP contribution in [0.15, 0.2) is 30.3 Å². The lowest BCUT2D eigenvalue weighted by Crippen LogP contribution is -2.41. The summed E-state index contributed by atoms with van der Waals surface area (Å²) in [6.45, 7) is 6.40.